The van der Waals surface area contributed by atoms with Crippen LogP contribution in [0, 0.1) is 12.8 Å². The Morgan fingerprint density at radius 1 is 0.400 bits per heavy atom. The Morgan fingerprint density at radius 3 is 1.48 bits per heavy atom. The Labute approximate surface area is 349 Å². The number of fused-ring (bicyclic) bond motifs is 8. The first-order chi connectivity index (χ1) is 29.6. The van der Waals surface area contributed by atoms with E-state index in [-0.39, 0.29) is 0 Å². The molecule has 2 nitrogen and oxygen atoms in total. The van der Waals surface area contributed by atoms with Crippen LogP contribution in [0.15, 0.2) is 200 Å². The van der Waals surface area contributed by atoms with Gasteiger partial charge >= 0.3 is 0 Å². The molecule has 60 heavy (non-hydrogen) atoms. The summed E-state index contributed by atoms with van der Waals surface area (Å²) in [6.45, 7) is 4.67. The van der Waals surface area contributed by atoms with Crippen LogP contribution in [0.2, 0.25) is 0 Å². The van der Waals surface area contributed by atoms with E-state index < -0.39 is 0 Å². The minimum absolute atomic E-state index is 0.337. The van der Waals surface area contributed by atoms with E-state index in [1.54, 1.807) is 0 Å². The average molecular weight is 767 g/mol. The fourth-order valence-corrected chi connectivity index (χ4v) is 10.3. The van der Waals surface area contributed by atoms with E-state index in [1.807, 2.05) is 0 Å². The molecule has 11 aromatic rings. The van der Waals surface area contributed by atoms with E-state index in [4.69, 9.17) is 0 Å². The molecule has 1 unspecified atom stereocenters. The van der Waals surface area contributed by atoms with Gasteiger partial charge in [0, 0.05) is 32.9 Å². The molecule has 1 aliphatic carbocycles. The van der Waals surface area contributed by atoms with E-state index in [2.05, 4.69) is 223 Å². The van der Waals surface area contributed by atoms with Crippen molar-refractivity contribution in [1.82, 2.24) is 9.13 Å². The summed E-state index contributed by atoms with van der Waals surface area (Å²) in [6.07, 6.45) is 5.71. The lowest BCUT2D eigenvalue weighted by Crippen LogP contribution is -2.09. The van der Waals surface area contributed by atoms with Gasteiger partial charge in [0.05, 0.1) is 22.1 Å². The molecule has 2 aromatic heterocycles. The van der Waals surface area contributed by atoms with Gasteiger partial charge in [-0.05, 0) is 122 Å². The lowest BCUT2D eigenvalue weighted by molar-refractivity contribution is 0.749. The largest absolute Gasteiger partial charge is 0.313 e. The monoisotopic (exact) mass is 766 g/mol. The van der Waals surface area contributed by atoms with Crippen molar-refractivity contribution >= 4 is 76.4 Å². The molecule has 0 N–H and O–H groups in total. The first-order valence-electron chi connectivity index (χ1n) is 21.1. The van der Waals surface area contributed by atoms with Gasteiger partial charge in [-0.1, -0.05) is 165 Å². The Hall–Kier alpha value is -7.42. The van der Waals surface area contributed by atoms with Gasteiger partial charge in [-0.2, -0.15) is 0 Å². The number of rotatable bonds is 5. The van der Waals surface area contributed by atoms with Gasteiger partial charge in [0.2, 0.25) is 0 Å². The van der Waals surface area contributed by atoms with Crippen molar-refractivity contribution in [3.63, 3.8) is 0 Å². The molecule has 1 atom stereocenters. The first-order valence-corrected chi connectivity index (χ1v) is 21.1. The van der Waals surface area contributed by atoms with Gasteiger partial charge in [0.25, 0.3) is 0 Å². The molecule has 0 fully saturated rings. The lowest BCUT2D eigenvalue weighted by Gasteiger charge is -2.25. The van der Waals surface area contributed by atoms with Crippen molar-refractivity contribution in [3.8, 4) is 27.9 Å². The zero-order valence-corrected chi connectivity index (χ0v) is 33.7. The summed E-state index contributed by atoms with van der Waals surface area (Å²) in [4.78, 5) is 0. The van der Waals surface area contributed by atoms with E-state index >= 15 is 0 Å². The minimum Gasteiger partial charge on any atom is -0.313 e. The third-order valence-corrected chi connectivity index (χ3v) is 13.1. The fourth-order valence-electron chi connectivity index (χ4n) is 10.3. The maximum Gasteiger partial charge on any atom is 0.0547 e. The van der Waals surface area contributed by atoms with Crippen molar-refractivity contribution in [1.29, 1.82) is 0 Å². The highest BCUT2D eigenvalue weighted by Gasteiger charge is 2.23. The zero-order chi connectivity index (χ0) is 39.9. The predicted octanol–water partition coefficient (Wildman–Crippen LogP) is 15.8. The van der Waals surface area contributed by atoms with Gasteiger partial charge in [0.15, 0.2) is 0 Å². The molecule has 284 valence electrons. The summed E-state index contributed by atoms with van der Waals surface area (Å²) in [5.41, 5.74) is 16.5. The Balaban J connectivity index is 0.958. The van der Waals surface area contributed by atoms with Gasteiger partial charge < -0.3 is 9.13 Å². The van der Waals surface area contributed by atoms with E-state index in [0.717, 1.165) is 6.42 Å². The highest BCUT2D eigenvalue weighted by atomic mass is 15.0. The van der Waals surface area contributed by atoms with E-state index in [0.29, 0.717) is 5.92 Å². The summed E-state index contributed by atoms with van der Waals surface area (Å²) < 4.78 is 4.98. The summed E-state index contributed by atoms with van der Waals surface area (Å²) >= 11 is 0. The van der Waals surface area contributed by atoms with Crippen molar-refractivity contribution in [3.05, 3.63) is 211 Å². The SMILES string of the molecule is Cc1cc(-n2c3ccccc3c3ccc(-c4cccc5ccccc45)cc32)ccc1C1=CC=C(n2c3ccccc3c3ccc(-c4cccc5ccccc45)cc32)CC1C. The van der Waals surface area contributed by atoms with Crippen LogP contribution in [0.5, 0.6) is 0 Å². The second-order valence-corrected chi connectivity index (χ2v) is 16.6. The zero-order valence-electron chi connectivity index (χ0n) is 33.7. The molecule has 0 amide bonds. The number of hydrogen-bond acceptors (Lipinski definition) is 0. The van der Waals surface area contributed by atoms with Crippen molar-refractivity contribution in [2.24, 2.45) is 5.92 Å². The van der Waals surface area contributed by atoms with Gasteiger partial charge in [-0.3, -0.25) is 0 Å². The molecular formula is C58H42N2. The predicted molar refractivity (Wildman–Crippen MR) is 257 cm³/mol. The number of aromatic nitrogens is 2. The quantitative estimate of drug-likeness (QED) is 0.165. The topological polar surface area (TPSA) is 9.86 Å². The van der Waals surface area contributed by atoms with Gasteiger partial charge in [0.1, 0.15) is 0 Å². The molecule has 0 saturated heterocycles. The van der Waals surface area contributed by atoms with E-state index in [9.17, 15) is 0 Å². The molecule has 0 saturated carbocycles. The Kier molecular flexibility index (Phi) is 7.83. The van der Waals surface area contributed by atoms with Crippen LogP contribution in [0.25, 0.3) is 104 Å². The smallest absolute Gasteiger partial charge is 0.0547 e. The van der Waals surface area contributed by atoms with Crippen molar-refractivity contribution in [2.75, 3.05) is 0 Å². The molecule has 2 heteroatoms. The fraction of sp³-hybridized carbons (Fsp3) is 0.0690. The highest BCUT2D eigenvalue weighted by Crippen LogP contribution is 2.43. The average Bonchev–Trinajstić information content (AvgIpc) is 3.81. The summed E-state index contributed by atoms with van der Waals surface area (Å²) in [6, 6.07) is 69.5. The molecule has 0 bridgehead atoms. The number of aryl methyl sites for hydroxylation is 1. The molecule has 9 aromatic carbocycles. The van der Waals surface area contributed by atoms with Crippen molar-refractivity contribution in [2.45, 2.75) is 20.3 Å². The lowest BCUT2D eigenvalue weighted by atomic mass is 9.84. The third kappa shape index (κ3) is 5.34. The highest BCUT2D eigenvalue weighted by molar-refractivity contribution is 6.13. The molecule has 1 aliphatic rings. The Morgan fingerprint density at radius 2 is 0.900 bits per heavy atom. The summed E-state index contributed by atoms with van der Waals surface area (Å²) in [5.74, 6) is 0.337. The normalized spacial score (nSPS) is 14.5. The molecular weight excluding hydrogens is 725 g/mol. The summed E-state index contributed by atoms with van der Waals surface area (Å²) in [5, 5.41) is 10.2. The standard InChI is InChI=1S/C58H42N2/c1-37-33-43(59-55-23-9-7-19-51(55)53-29-25-41(35-57(53)59)49-21-11-15-39-13-3-5-17-47(39)49)27-31-45(37)46-32-28-44(34-38(46)2)60-56-24-10-8-20-52(56)54-30-26-42(36-58(54)60)50-22-12-16-40-14-4-6-18-48(40)50/h3-33,35-36,38H,34H2,1-2H3. The Bertz CT molecular complexity index is 3600. The van der Waals surface area contributed by atoms with Crippen LogP contribution < -0.4 is 0 Å². The second kappa shape index (κ2) is 13.6. The van der Waals surface area contributed by atoms with Crippen LogP contribution >= 0.6 is 0 Å². The maximum atomic E-state index is 2.52. The summed E-state index contributed by atoms with van der Waals surface area (Å²) in [7, 11) is 0. The van der Waals surface area contributed by atoms with E-state index in [1.165, 1.54) is 115 Å². The number of para-hydroxylation sites is 2. The number of benzene rings is 9. The van der Waals surface area contributed by atoms with Crippen LogP contribution in [0.3, 0.4) is 0 Å². The minimum atomic E-state index is 0.337. The van der Waals surface area contributed by atoms with Gasteiger partial charge in [-0.15, -0.1) is 0 Å². The van der Waals surface area contributed by atoms with Crippen LogP contribution in [-0.4, -0.2) is 9.13 Å². The molecule has 2 heterocycles. The molecule has 12 rings (SSSR count). The second-order valence-electron chi connectivity index (χ2n) is 16.6. The number of hydrogen-bond donors (Lipinski definition) is 0. The van der Waals surface area contributed by atoms with Crippen molar-refractivity contribution < 1.29 is 0 Å². The third-order valence-electron chi connectivity index (χ3n) is 13.1. The molecule has 0 spiro atoms. The number of nitrogens with zero attached hydrogens (tertiary/aromatic N) is 2. The molecule has 0 radical (unpaired) electrons. The molecule has 0 aliphatic heterocycles. The van der Waals surface area contributed by atoms with Crippen LogP contribution in [0.4, 0.5) is 0 Å². The van der Waals surface area contributed by atoms with Crippen LogP contribution in [-0.2, 0) is 0 Å². The van der Waals surface area contributed by atoms with Crippen LogP contribution in [0.1, 0.15) is 24.5 Å². The first kappa shape index (κ1) is 34.6. The van der Waals surface area contributed by atoms with Gasteiger partial charge in [-0.25, -0.2) is 0 Å². The number of allylic oxidation sites excluding steroid dienone is 4. The maximum absolute atomic E-state index is 2.52.